The van der Waals surface area contributed by atoms with Crippen LogP contribution in [0.2, 0.25) is 0 Å². The Hall–Kier alpha value is -0.870. The van der Waals surface area contributed by atoms with Crippen LogP contribution in [-0.2, 0) is 4.79 Å². The molecule has 1 aromatic rings. The average molecular weight is 327 g/mol. The van der Waals surface area contributed by atoms with Gasteiger partial charge in [-0.2, -0.15) is 0 Å². The first kappa shape index (κ1) is 16.2. The minimum absolute atomic E-state index is 0.00571. The van der Waals surface area contributed by atoms with Crippen molar-refractivity contribution >= 4 is 27.5 Å². The minimum Gasteiger partial charge on any atom is -0.328 e. The predicted octanol–water partition coefficient (Wildman–Crippen LogP) is 3.85. The topological polar surface area (TPSA) is 55.1 Å². The van der Waals surface area contributed by atoms with Gasteiger partial charge in [-0.15, -0.1) is 0 Å². The summed E-state index contributed by atoms with van der Waals surface area (Å²) in [4.78, 5) is 12.1. The van der Waals surface area contributed by atoms with Gasteiger partial charge in [0.2, 0.25) is 5.91 Å². The lowest BCUT2D eigenvalue weighted by Gasteiger charge is -2.14. The van der Waals surface area contributed by atoms with E-state index in [9.17, 15) is 4.79 Å². The zero-order valence-electron chi connectivity index (χ0n) is 11.9. The van der Waals surface area contributed by atoms with Crippen LogP contribution in [0, 0.1) is 12.8 Å². The van der Waals surface area contributed by atoms with Crippen LogP contribution in [0.4, 0.5) is 5.69 Å². The molecule has 0 bridgehead atoms. The van der Waals surface area contributed by atoms with Gasteiger partial charge in [0.05, 0.1) is 5.69 Å². The van der Waals surface area contributed by atoms with E-state index in [1.165, 1.54) is 0 Å². The van der Waals surface area contributed by atoms with Crippen molar-refractivity contribution in [1.29, 1.82) is 0 Å². The molecule has 1 amide bonds. The number of hydrogen-bond donors (Lipinski definition) is 2. The van der Waals surface area contributed by atoms with Crippen LogP contribution in [0.15, 0.2) is 22.7 Å². The quantitative estimate of drug-likeness (QED) is 0.834. The lowest BCUT2D eigenvalue weighted by atomic mass is 10.0. The summed E-state index contributed by atoms with van der Waals surface area (Å²) in [5.41, 5.74) is 7.67. The number of hydrogen-bond acceptors (Lipinski definition) is 2. The van der Waals surface area contributed by atoms with Gasteiger partial charge in [-0.25, -0.2) is 0 Å². The highest BCUT2D eigenvalue weighted by Crippen LogP contribution is 2.24. The molecule has 0 aliphatic rings. The van der Waals surface area contributed by atoms with E-state index in [1.807, 2.05) is 39.0 Å². The maximum atomic E-state index is 12.1. The van der Waals surface area contributed by atoms with Crippen molar-refractivity contribution in [1.82, 2.24) is 0 Å². The Morgan fingerprint density at radius 3 is 2.68 bits per heavy atom. The van der Waals surface area contributed by atoms with Gasteiger partial charge in [0.1, 0.15) is 0 Å². The second kappa shape index (κ2) is 7.65. The molecule has 19 heavy (non-hydrogen) atoms. The Morgan fingerprint density at radius 2 is 2.05 bits per heavy atom. The summed E-state index contributed by atoms with van der Waals surface area (Å²) >= 11 is 3.45. The van der Waals surface area contributed by atoms with E-state index >= 15 is 0 Å². The van der Waals surface area contributed by atoms with Crippen LogP contribution in [0.1, 0.15) is 38.7 Å². The SMILES string of the molecule is Cc1ccc(Br)c(NC(=O)C(C)CCCC(C)N)c1. The van der Waals surface area contributed by atoms with Gasteiger partial charge in [-0.1, -0.05) is 19.4 Å². The highest BCUT2D eigenvalue weighted by Gasteiger charge is 2.14. The summed E-state index contributed by atoms with van der Waals surface area (Å²) in [6.07, 6.45) is 2.82. The molecule has 0 aromatic heterocycles. The first-order valence-corrected chi connectivity index (χ1v) is 7.52. The summed E-state index contributed by atoms with van der Waals surface area (Å²) in [5, 5.41) is 2.97. The molecule has 106 valence electrons. The number of halogens is 1. The van der Waals surface area contributed by atoms with Crippen LogP contribution in [0.5, 0.6) is 0 Å². The van der Waals surface area contributed by atoms with E-state index < -0.39 is 0 Å². The number of rotatable bonds is 6. The number of anilines is 1. The van der Waals surface area contributed by atoms with Gasteiger partial charge in [0.15, 0.2) is 0 Å². The van der Waals surface area contributed by atoms with Crippen molar-refractivity contribution in [2.45, 2.75) is 46.1 Å². The average Bonchev–Trinajstić information content (AvgIpc) is 2.33. The molecule has 0 saturated carbocycles. The fraction of sp³-hybridized carbons (Fsp3) is 0.533. The number of aryl methyl sites for hydroxylation is 1. The molecule has 0 spiro atoms. The van der Waals surface area contributed by atoms with E-state index in [1.54, 1.807) is 0 Å². The number of amides is 1. The second-order valence-corrected chi connectivity index (χ2v) is 6.14. The van der Waals surface area contributed by atoms with Crippen molar-refractivity contribution in [2.75, 3.05) is 5.32 Å². The minimum atomic E-state index is 0.00571. The molecule has 2 unspecified atom stereocenters. The van der Waals surface area contributed by atoms with Crippen LogP contribution in [-0.4, -0.2) is 11.9 Å². The lowest BCUT2D eigenvalue weighted by Crippen LogP contribution is -2.21. The summed E-state index contributed by atoms with van der Waals surface area (Å²) in [6.45, 7) is 5.96. The van der Waals surface area contributed by atoms with Gasteiger partial charge < -0.3 is 11.1 Å². The summed E-state index contributed by atoms with van der Waals surface area (Å²) in [5.74, 6) is 0.0714. The summed E-state index contributed by atoms with van der Waals surface area (Å²) in [7, 11) is 0. The fourth-order valence-electron chi connectivity index (χ4n) is 1.87. The van der Waals surface area contributed by atoms with Crippen molar-refractivity contribution in [3.8, 4) is 0 Å². The van der Waals surface area contributed by atoms with Crippen LogP contribution in [0.3, 0.4) is 0 Å². The molecule has 0 aliphatic heterocycles. The maximum absolute atomic E-state index is 12.1. The lowest BCUT2D eigenvalue weighted by molar-refractivity contribution is -0.119. The molecule has 0 radical (unpaired) electrons. The monoisotopic (exact) mass is 326 g/mol. The highest BCUT2D eigenvalue weighted by atomic mass is 79.9. The molecule has 3 nitrogen and oxygen atoms in total. The molecular formula is C15H23BrN2O. The second-order valence-electron chi connectivity index (χ2n) is 5.28. The third-order valence-electron chi connectivity index (χ3n) is 3.12. The van der Waals surface area contributed by atoms with Gasteiger partial charge >= 0.3 is 0 Å². The van der Waals surface area contributed by atoms with E-state index in [0.29, 0.717) is 0 Å². The molecule has 1 rings (SSSR count). The van der Waals surface area contributed by atoms with Crippen LogP contribution in [0.25, 0.3) is 0 Å². The molecule has 0 aliphatic carbocycles. The van der Waals surface area contributed by atoms with Crippen molar-refractivity contribution in [2.24, 2.45) is 11.7 Å². The fourth-order valence-corrected chi connectivity index (χ4v) is 2.21. The first-order valence-electron chi connectivity index (χ1n) is 6.72. The summed E-state index contributed by atoms with van der Waals surface area (Å²) in [6, 6.07) is 6.13. The number of carbonyl (C=O) groups is 1. The van der Waals surface area contributed by atoms with Gasteiger partial charge in [0, 0.05) is 16.4 Å². The third kappa shape index (κ3) is 5.74. The number of carbonyl (C=O) groups excluding carboxylic acids is 1. The van der Waals surface area contributed by atoms with E-state index in [-0.39, 0.29) is 17.9 Å². The molecular weight excluding hydrogens is 304 g/mol. The molecule has 2 atom stereocenters. The Kier molecular flexibility index (Phi) is 6.52. The number of benzene rings is 1. The van der Waals surface area contributed by atoms with E-state index in [0.717, 1.165) is 35.0 Å². The molecule has 4 heteroatoms. The van der Waals surface area contributed by atoms with Crippen molar-refractivity contribution in [3.05, 3.63) is 28.2 Å². The highest BCUT2D eigenvalue weighted by molar-refractivity contribution is 9.10. The molecule has 1 aromatic carbocycles. The number of nitrogens with two attached hydrogens (primary N) is 1. The van der Waals surface area contributed by atoms with Crippen LogP contribution >= 0.6 is 15.9 Å². The van der Waals surface area contributed by atoms with Crippen molar-refractivity contribution in [3.63, 3.8) is 0 Å². The standard InChI is InChI=1S/C15H23BrN2O/c1-10-7-8-13(16)14(9-10)18-15(19)11(2)5-4-6-12(3)17/h7-9,11-12H,4-6,17H2,1-3H3,(H,18,19). The smallest absolute Gasteiger partial charge is 0.227 e. The largest absolute Gasteiger partial charge is 0.328 e. The normalized spacial score (nSPS) is 13.9. The van der Waals surface area contributed by atoms with Gasteiger partial charge in [0.25, 0.3) is 0 Å². The zero-order valence-corrected chi connectivity index (χ0v) is 13.5. The number of nitrogens with one attached hydrogen (secondary N) is 1. The van der Waals surface area contributed by atoms with Gasteiger partial charge in [-0.3, -0.25) is 4.79 Å². The third-order valence-corrected chi connectivity index (χ3v) is 3.82. The van der Waals surface area contributed by atoms with Gasteiger partial charge in [-0.05, 0) is 60.3 Å². The predicted molar refractivity (Wildman–Crippen MR) is 84.2 cm³/mol. The first-order chi connectivity index (χ1) is 8.90. The molecule has 0 fully saturated rings. The Bertz CT molecular complexity index is 432. The maximum Gasteiger partial charge on any atom is 0.227 e. The van der Waals surface area contributed by atoms with E-state index in [2.05, 4.69) is 21.2 Å². The Labute approximate surface area is 124 Å². The van der Waals surface area contributed by atoms with E-state index in [4.69, 9.17) is 5.73 Å². The van der Waals surface area contributed by atoms with Crippen LogP contribution < -0.4 is 11.1 Å². The Balaban J connectivity index is 2.51. The Morgan fingerprint density at radius 1 is 1.37 bits per heavy atom. The van der Waals surface area contributed by atoms with Crippen molar-refractivity contribution < 1.29 is 4.79 Å². The zero-order chi connectivity index (χ0) is 14.4. The molecule has 3 N–H and O–H groups in total. The molecule has 0 saturated heterocycles. The summed E-state index contributed by atoms with van der Waals surface area (Å²) < 4.78 is 0.911. The molecule has 0 heterocycles.